The number of esters is 2. The number of carbonyl (C=O) groups excluding carboxylic acids is 2. The minimum atomic E-state index is -0.222. The molecule has 0 aromatic rings. The topological polar surface area (TPSA) is 52.6 Å². The minimum Gasteiger partial charge on any atom is -0.466 e. The van der Waals surface area contributed by atoms with Crippen molar-refractivity contribution in [2.45, 2.75) is 91.6 Å². The molecule has 0 aliphatic heterocycles. The Morgan fingerprint density at radius 3 is 2.14 bits per heavy atom. The number of unbranched alkanes of at least 4 members (excludes halogenated alkanes) is 4. The fourth-order valence-electron chi connectivity index (χ4n) is 2.34. The predicted octanol–water partition coefficient (Wildman–Crippen LogP) is 4.65. The zero-order valence-corrected chi connectivity index (χ0v) is 14.9. The molecule has 22 heavy (non-hydrogen) atoms. The number of rotatable bonds is 13. The van der Waals surface area contributed by atoms with Gasteiger partial charge in [0.05, 0.1) is 12.7 Å². The summed E-state index contributed by atoms with van der Waals surface area (Å²) in [7, 11) is 0. The van der Waals surface area contributed by atoms with E-state index in [9.17, 15) is 9.59 Å². The smallest absolute Gasteiger partial charge is 0.306 e. The van der Waals surface area contributed by atoms with Gasteiger partial charge >= 0.3 is 11.9 Å². The van der Waals surface area contributed by atoms with Crippen LogP contribution in [0.5, 0.6) is 0 Å². The van der Waals surface area contributed by atoms with E-state index >= 15 is 0 Å². The lowest BCUT2D eigenvalue weighted by molar-refractivity contribution is -0.149. The molecule has 0 aromatic heterocycles. The molecule has 0 heterocycles. The number of hydrogen-bond donors (Lipinski definition) is 0. The summed E-state index contributed by atoms with van der Waals surface area (Å²) in [4.78, 5) is 23.1. The molecule has 0 bridgehead atoms. The molecule has 0 aliphatic rings. The Labute approximate surface area is 135 Å². The Morgan fingerprint density at radius 1 is 0.864 bits per heavy atom. The molecule has 0 spiro atoms. The SMILES string of the molecule is CCCCCCCOC(=O)CCCC(=O)OC(C)CC(C)C. The van der Waals surface area contributed by atoms with Gasteiger partial charge in [-0.3, -0.25) is 9.59 Å². The molecule has 4 nitrogen and oxygen atoms in total. The van der Waals surface area contributed by atoms with E-state index in [0.29, 0.717) is 25.4 Å². The van der Waals surface area contributed by atoms with Crippen molar-refractivity contribution < 1.29 is 19.1 Å². The van der Waals surface area contributed by atoms with E-state index in [1.807, 2.05) is 6.92 Å². The quantitative estimate of drug-likeness (QED) is 0.367. The Kier molecular flexibility index (Phi) is 12.9. The maximum Gasteiger partial charge on any atom is 0.306 e. The van der Waals surface area contributed by atoms with Gasteiger partial charge in [0.15, 0.2) is 0 Å². The lowest BCUT2D eigenvalue weighted by Crippen LogP contribution is -2.17. The molecule has 0 saturated carbocycles. The molecule has 1 unspecified atom stereocenters. The van der Waals surface area contributed by atoms with E-state index in [0.717, 1.165) is 19.3 Å². The van der Waals surface area contributed by atoms with Crippen LogP contribution in [-0.2, 0) is 19.1 Å². The second-order valence-corrected chi connectivity index (χ2v) is 6.42. The molecule has 0 amide bonds. The maximum atomic E-state index is 11.6. The monoisotopic (exact) mass is 314 g/mol. The van der Waals surface area contributed by atoms with E-state index in [1.165, 1.54) is 19.3 Å². The molecule has 0 radical (unpaired) electrons. The van der Waals surface area contributed by atoms with E-state index in [1.54, 1.807) is 0 Å². The number of hydrogen-bond acceptors (Lipinski definition) is 4. The van der Waals surface area contributed by atoms with Crippen LogP contribution in [0.1, 0.15) is 85.5 Å². The Morgan fingerprint density at radius 2 is 1.50 bits per heavy atom. The predicted molar refractivity (Wildman–Crippen MR) is 88.6 cm³/mol. The normalized spacial score (nSPS) is 12.2. The van der Waals surface area contributed by atoms with Gasteiger partial charge in [0.25, 0.3) is 0 Å². The van der Waals surface area contributed by atoms with Gasteiger partial charge in [-0.05, 0) is 32.1 Å². The van der Waals surface area contributed by atoms with Crippen molar-refractivity contribution >= 4 is 11.9 Å². The van der Waals surface area contributed by atoms with Gasteiger partial charge in [0.1, 0.15) is 0 Å². The van der Waals surface area contributed by atoms with Crippen LogP contribution in [0.3, 0.4) is 0 Å². The first kappa shape index (κ1) is 20.9. The van der Waals surface area contributed by atoms with E-state index < -0.39 is 0 Å². The lowest BCUT2D eigenvalue weighted by Gasteiger charge is -2.15. The number of ether oxygens (including phenoxy) is 2. The van der Waals surface area contributed by atoms with Crippen LogP contribution in [-0.4, -0.2) is 24.6 Å². The van der Waals surface area contributed by atoms with Gasteiger partial charge in [-0.1, -0.05) is 46.5 Å². The summed E-state index contributed by atoms with van der Waals surface area (Å²) in [6.07, 6.45) is 7.60. The molecule has 1 atom stereocenters. The van der Waals surface area contributed by atoms with E-state index in [2.05, 4.69) is 20.8 Å². The van der Waals surface area contributed by atoms with Crippen molar-refractivity contribution in [2.75, 3.05) is 6.61 Å². The van der Waals surface area contributed by atoms with Crippen LogP contribution in [0.4, 0.5) is 0 Å². The molecule has 130 valence electrons. The van der Waals surface area contributed by atoms with Crippen LogP contribution in [0.2, 0.25) is 0 Å². The molecule has 0 fully saturated rings. The third-order valence-electron chi connectivity index (χ3n) is 3.41. The molecular weight excluding hydrogens is 280 g/mol. The van der Waals surface area contributed by atoms with E-state index in [-0.39, 0.29) is 24.5 Å². The highest BCUT2D eigenvalue weighted by molar-refractivity contribution is 5.72. The zero-order chi connectivity index (χ0) is 16.8. The van der Waals surface area contributed by atoms with Gasteiger partial charge in [-0.2, -0.15) is 0 Å². The van der Waals surface area contributed by atoms with Crippen molar-refractivity contribution in [3.63, 3.8) is 0 Å². The molecule has 0 aliphatic carbocycles. The molecule has 0 aromatic carbocycles. The first-order valence-electron chi connectivity index (χ1n) is 8.80. The van der Waals surface area contributed by atoms with Gasteiger partial charge in [0, 0.05) is 12.8 Å². The van der Waals surface area contributed by atoms with Crippen molar-refractivity contribution in [1.29, 1.82) is 0 Å². The molecule has 0 saturated heterocycles. The highest BCUT2D eigenvalue weighted by Gasteiger charge is 2.12. The fraction of sp³-hybridized carbons (Fsp3) is 0.889. The minimum absolute atomic E-state index is 0.0532. The van der Waals surface area contributed by atoms with Gasteiger partial charge in [-0.15, -0.1) is 0 Å². The van der Waals surface area contributed by atoms with Crippen molar-refractivity contribution in [2.24, 2.45) is 5.92 Å². The van der Waals surface area contributed by atoms with E-state index in [4.69, 9.17) is 9.47 Å². The first-order valence-corrected chi connectivity index (χ1v) is 8.80. The Balaban J connectivity index is 3.52. The van der Waals surface area contributed by atoms with Gasteiger partial charge in [-0.25, -0.2) is 0 Å². The van der Waals surface area contributed by atoms with Gasteiger partial charge in [0.2, 0.25) is 0 Å². The summed E-state index contributed by atoms with van der Waals surface area (Å²) in [5, 5.41) is 0. The van der Waals surface area contributed by atoms with Crippen LogP contribution < -0.4 is 0 Å². The van der Waals surface area contributed by atoms with Crippen LogP contribution >= 0.6 is 0 Å². The third kappa shape index (κ3) is 13.9. The summed E-state index contributed by atoms with van der Waals surface area (Å²) < 4.78 is 10.4. The largest absolute Gasteiger partial charge is 0.466 e. The summed E-state index contributed by atoms with van der Waals surface area (Å²) in [6, 6.07) is 0. The highest BCUT2D eigenvalue weighted by Crippen LogP contribution is 2.10. The second-order valence-electron chi connectivity index (χ2n) is 6.42. The second kappa shape index (κ2) is 13.6. The van der Waals surface area contributed by atoms with Crippen molar-refractivity contribution in [3.8, 4) is 0 Å². The number of carbonyl (C=O) groups is 2. The molecular formula is C18H34O4. The summed E-state index contributed by atoms with van der Waals surface area (Å²) in [5.41, 5.74) is 0. The van der Waals surface area contributed by atoms with Crippen LogP contribution in [0.25, 0.3) is 0 Å². The summed E-state index contributed by atoms with van der Waals surface area (Å²) in [5.74, 6) is 0.0779. The molecule has 0 N–H and O–H groups in total. The van der Waals surface area contributed by atoms with Crippen LogP contribution in [0.15, 0.2) is 0 Å². The van der Waals surface area contributed by atoms with Crippen LogP contribution in [0, 0.1) is 5.92 Å². The average molecular weight is 314 g/mol. The zero-order valence-electron chi connectivity index (χ0n) is 14.9. The van der Waals surface area contributed by atoms with Crippen molar-refractivity contribution in [1.82, 2.24) is 0 Å². The Bertz CT molecular complexity index is 299. The van der Waals surface area contributed by atoms with Crippen molar-refractivity contribution in [3.05, 3.63) is 0 Å². The first-order chi connectivity index (χ1) is 10.5. The average Bonchev–Trinajstić information content (AvgIpc) is 2.41. The van der Waals surface area contributed by atoms with Gasteiger partial charge < -0.3 is 9.47 Å². The maximum absolute atomic E-state index is 11.6. The summed E-state index contributed by atoms with van der Waals surface area (Å²) >= 11 is 0. The highest BCUT2D eigenvalue weighted by atomic mass is 16.5. The Hall–Kier alpha value is -1.06. The third-order valence-corrected chi connectivity index (χ3v) is 3.41. The lowest BCUT2D eigenvalue weighted by atomic mass is 10.1. The molecule has 4 heteroatoms. The summed E-state index contributed by atoms with van der Waals surface area (Å²) in [6.45, 7) is 8.78. The fourth-order valence-corrected chi connectivity index (χ4v) is 2.34. The standard InChI is InChI=1S/C18H34O4/c1-5-6-7-8-9-13-21-17(19)11-10-12-18(20)22-16(4)14-15(2)3/h15-16H,5-14H2,1-4H3. The molecule has 0 rings (SSSR count).